The van der Waals surface area contributed by atoms with Crippen molar-refractivity contribution in [3.8, 4) is 0 Å². The van der Waals surface area contributed by atoms with Crippen LogP contribution in [0.15, 0.2) is 134 Å². The summed E-state index contributed by atoms with van der Waals surface area (Å²) in [6.45, 7) is 6.32. The van der Waals surface area contributed by atoms with E-state index in [1.54, 1.807) is 0 Å². The van der Waals surface area contributed by atoms with E-state index >= 15 is 0 Å². The Hall–Kier alpha value is -4.45. The van der Waals surface area contributed by atoms with Crippen LogP contribution >= 0.6 is 0 Å². The first-order valence-electron chi connectivity index (χ1n) is 29.2. The van der Waals surface area contributed by atoms with Crippen LogP contribution in [0.5, 0.6) is 0 Å². The molecule has 1 unspecified atom stereocenters. The Morgan fingerprint density at radius 2 is 0.569 bits per heavy atom. The van der Waals surface area contributed by atoms with Crippen molar-refractivity contribution >= 4 is 17.9 Å². The topological polar surface area (TPSA) is 78.9 Å². The fourth-order valence-corrected chi connectivity index (χ4v) is 7.57. The number of carbonyl (C=O) groups excluding carboxylic acids is 3. The molecule has 0 aliphatic heterocycles. The van der Waals surface area contributed by atoms with Crippen LogP contribution in [0.4, 0.5) is 0 Å². The number of esters is 3. The normalized spacial score (nSPS) is 13.1. The van der Waals surface area contributed by atoms with E-state index < -0.39 is 6.10 Å². The van der Waals surface area contributed by atoms with Crippen LogP contribution in [-0.4, -0.2) is 37.2 Å². The SMILES string of the molecule is CC/C=C\C/C=C\C/C=C\C/C=C\C/C=C\C/C=C\CCC(=O)OCC(COC(=O)CCCCCCCCC/C=C\C/C=C\C/C=C\CC)OC(=O)CCCCCCCCC/C=C\C/C=C\CCCCCC. The number of carbonyl (C=O) groups is 3. The molecule has 0 saturated heterocycles. The van der Waals surface area contributed by atoms with Crippen molar-refractivity contribution in [2.45, 2.75) is 252 Å². The van der Waals surface area contributed by atoms with Gasteiger partial charge in [0, 0.05) is 19.3 Å². The smallest absolute Gasteiger partial charge is 0.306 e. The molecule has 0 fully saturated rings. The Balaban J connectivity index is 4.55. The zero-order valence-corrected chi connectivity index (χ0v) is 46.4. The van der Waals surface area contributed by atoms with E-state index in [4.69, 9.17) is 14.2 Å². The summed E-state index contributed by atoms with van der Waals surface area (Å²) in [5.74, 6) is -1.02. The fourth-order valence-electron chi connectivity index (χ4n) is 7.57. The summed E-state index contributed by atoms with van der Waals surface area (Å²) in [4.78, 5) is 38.2. The third-order valence-corrected chi connectivity index (χ3v) is 11.9. The third kappa shape index (κ3) is 56.5. The molecule has 0 aliphatic rings. The lowest BCUT2D eigenvalue weighted by atomic mass is 10.1. The van der Waals surface area contributed by atoms with Crippen LogP contribution in [0.25, 0.3) is 0 Å². The molecule has 0 aromatic carbocycles. The van der Waals surface area contributed by atoms with Gasteiger partial charge in [-0.1, -0.05) is 238 Å². The second-order valence-corrected chi connectivity index (χ2v) is 18.8. The fraction of sp³-hybridized carbons (Fsp3) is 0.621. The lowest BCUT2D eigenvalue weighted by molar-refractivity contribution is -0.166. The Morgan fingerprint density at radius 1 is 0.292 bits per heavy atom. The van der Waals surface area contributed by atoms with E-state index in [1.165, 1.54) is 83.5 Å². The minimum Gasteiger partial charge on any atom is -0.462 e. The first-order valence-corrected chi connectivity index (χ1v) is 29.2. The molecule has 6 heteroatoms. The summed E-state index contributed by atoms with van der Waals surface area (Å²) < 4.78 is 16.8. The maximum absolute atomic E-state index is 12.9. The Labute approximate surface area is 443 Å². The summed E-state index contributed by atoms with van der Waals surface area (Å²) in [5, 5.41) is 0. The molecule has 0 radical (unpaired) electrons. The van der Waals surface area contributed by atoms with Crippen LogP contribution < -0.4 is 0 Å². The van der Waals surface area contributed by atoms with Gasteiger partial charge in [-0.05, 0) is 122 Å². The second-order valence-electron chi connectivity index (χ2n) is 18.8. The average molecular weight is 996 g/mol. The maximum atomic E-state index is 12.9. The third-order valence-electron chi connectivity index (χ3n) is 11.9. The van der Waals surface area contributed by atoms with Crippen molar-refractivity contribution in [1.82, 2.24) is 0 Å². The van der Waals surface area contributed by atoms with Gasteiger partial charge in [0.25, 0.3) is 0 Å². The summed E-state index contributed by atoms with van der Waals surface area (Å²) in [6, 6.07) is 0. The van der Waals surface area contributed by atoms with Crippen molar-refractivity contribution in [3.05, 3.63) is 134 Å². The molecule has 0 heterocycles. The molecule has 0 aliphatic carbocycles. The number of ether oxygens (including phenoxy) is 3. The first kappa shape index (κ1) is 67.5. The molecular weight excluding hydrogens is 889 g/mol. The van der Waals surface area contributed by atoms with E-state index in [0.717, 1.165) is 116 Å². The van der Waals surface area contributed by atoms with Crippen LogP contribution in [0.3, 0.4) is 0 Å². The predicted molar refractivity (Wildman–Crippen MR) is 311 cm³/mol. The number of rotatable bonds is 51. The number of hydrogen-bond acceptors (Lipinski definition) is 6. The van der Waals surface area contributed by atoms with Gasteiger partial charge >= 0.3 is 17.9 Å². The zero-order chi connectivity index (χ0) is 52.2. The molecule has 0 bridgehead atoms. The zero-order valence-electron chi connectivity index (χ0n) is 46.4. The Morgan fingerprint density at radius 3 is 0.931 bits per heavy atom. The molecule has 0 amide bonds. The van der Waals surface area contributed by atoms with Crippen LogP contribution in [0.2, 0.25) is 0 Å². The quantitative estimate of drug-likeness (QED) is 0.0261. The molecule has 72 heavy (non-hydrogen) atoms. The highest BCUT2D eigenvalue weighted by molar-refractivity contribution is 5.71. The van der Waals surface area contributed by atoms with Gasteiger partial charge in [0.2, 0.25) is 0 Å². The highest BCUT2D eigenvalue weighted by Crippen LogP contribution is 2.14. The predicted octanol–water partition coefficient (Wildman–Crippen LogP) is 19.8. The van der Waals surface area contributed by atoms with Crippen molar-refractivity contribution < 1.29 is 28.6 Å². The van der Waals surface area contributed by atoms with Gasteiger partial charge in [0.05, 0.1) is 0 Å². The Kier molecular flexibility index (Phi) is 55.5. The monoisotopic (exact) mass is 995 g/mol. The van der Waals surface area contributed by atoms with Gasteiger partial charge in [0.1, 0.15) is 13.2 Å². The largest absolute Gasteiger partial charge is 0.462 e. The molecule has 0 rings (SSSR count). The van der Waals surface area contributed by atoms with Crippen LogP contribution in [0, 0.1) is 0 Å². The first-order chi connectivity index (χ1) is 35.5. The minimum absolute atomic E-state index is 0.114. The summed E-state index contributed by atoms with van der Waals surface area (Å²) in [5.41, 5.74) is 0. The summed E-state index contributed by atoms with van der Waals surface area (Å²) >= 11 is 0. The molecule has 1 atom stereocenters. The van der Waals surface area contributed by atoms with Crippen molar-refractivity contribution in [1.29, 1.82) is 0 Å². The van der Waals surface area contributed by atoms with E-state index in [9.17, 15) is 14.4 Å². The van der Waals surface area contributed by atoms with Crippen molar-refractivity contribution in [2.75, 3.05) is 13.2 Å². The summed E-state index contributed by atoms with van der Waals surface area (Å²) in [6.07, 6.45) is 83.0. The van der Waals surface area contributed by atoms with E-state index in [0.29, 0.717) is 19.3 Å². The van der Waals surface area contributed by atoms with Crippen LogP contribution in [-0.2, 0) is 28.6 Å². The molecule has 6 nitrogen and oxygen atoms in total. The van der Waals surface area contributed by atoms with Gasteiger partial charge < -0.3 is 14.2 Å². The molecule has 0 saturated carbocycles. The average Bonchev–Trinajstić information content (AvgIpc) is 3.38. The lowest BCUT2D eigenvalue weighted by Gasteiger charge is -2.18. The lowest BCUT2D eigenvalue weighted by Crippen LogP contribution is -2.30. The number of allylic oxidation sites excluding steroid dienone is 22. The summed E-state index contributed by atoms with van der Waals surface area (Å²) in [7, 11) is 0. The van der Waals surface area contributed by atoms with E-state index in [-0.39, 0.29) is 37.5 Å². The van der Waals surface area contributed by atoms with Crippen LogP contribution in [0.1, 0.15) is 245 Å². The molecule has 0 spiro atoms. The van der Waals surface area contributed by atoms with Gasteiger partial charge in [-0.2, -0.15) is 0 Å². The maximum Gasteiger partial charge on any atom is 0.306 e. The van der Waals surface area contributed by atoms with Crippen molar-refractivity contribution in [2.24, 2.45) is 0 Å². The van der Waals surface area contributed by atoms with Gasteiger partial charge in [-0.3, -0.25) is 14.4 Å². The standard InChI is InChI=1S/C66H106O6/c1-4-7-10-13-16-19-22-25-28-31-33-36-38-41-44-47-50-53-56-59-65(68)71-62-63(61-70-64(67)58-55-52-49-46-43-40-37-34-30-27-24-21-18-15-12-9-6-3)72-66(69)60-57-54-51-48-45-42-39-35-32-29-26-23-20-17-14-11-8-5-2/h7,9-10,12,16,18-21,23,25,27-30,32-33,36,41,44,50,53,63H,4-6,8,11,13-15,17,22,24,26,31,34-35,37-40,42-43,45-49,51-52,54-62H2,1-3H3/b10-7-,12-9-,19-16-,21-18-,23-20-,28-25-,30-27-,32-29-,36-33-,44-41-,53-50-. The second kappa shape index (κ2) is 59.1. The molecule has 0 aromatic heterocycles. The Bertz CT molecular complexity index is 1560. The minimum atomic E-state index is -0.823. The molecular formula is C66H106O6. The molecule has 0 N–H and O–H groups in total. The van der Waals surface area contributed by atoms with Gasteiger partial charge in [0.15, 0.2) is 6.10 Å². The van der Waals surface area contributed by atoms with E-state index in [2.05, 4.69) is 148 Å². The van der Waals surface area contributed by atoms with Crippen molar-refractivity contribution in [3.63, 3.8) is 0 Å². The highest BCUT2D eigenvalue weighted by atomic mass is 16.6. The van der Waals surface area contributed by atoms with Gasteiger partial charge in [-0.25, -0.2) is 0 Å². The molecule has 406 valence electrons. The van der Waals surface area contributed by atoms with Gasteiger partial charge in [-0.15, -0.1) is 0 Å². The highest BCUT2D eigenvalue weighted by Gasteiger charge is 2.19. The van der Waals surface area contributed by atoms with E-state index in [1.807, 2.05) is 6.08 Å². The number of unbranched alkanes of at least 4 members (excludes halogenated alkanes) is 18. The number of hydrogen-bond donors (Lipinski definition) is 0. The molecule has 0 aromatic rings.